The topological polar surface area (TPSA) is 0 Å². The highest BCUT2D eigenvalue weighted by Crippen LogP contribution is 2.24. The van der Waals surface area contributed by atoms with Crippen LogP contribution >= 0.6 is 11.6 Å². The Morgan fingerprint density at radius 3 is 2.14 bits per heavy atom. The minimum atomic E-state index is 0.509. The lowest BCUT2D eigenvalue weighted by Gasteiger charge is -2.15. The maximum Gasteiger partial charge on any atom is 0.0334 e. The molecule has 0 amide bonds. The van der Waals surface area contributed by atoms with Crippen molar-refractivity contribution in [2.24, 2.45) is 5.92 Å². The van der Waals surface area contributed by atoms with Gasteiger partial charge in [-0.2, -0.15) is 0 Å². The van der Waals surface area contributed by atoms with Crippen molar-refractivity contribution in [1.29, 1.82) is 0 Å². The molecule has 118 valence electrons. The quantitative estimate of drug-likeness (QED) is 0.431. The van der Waals surface area contributed by atoms with E-state index in [4.69, 9.17) is 11.6 Å². The van der Waals surface area contributed by atoms with Gasteiger partial charge in [-0.15, -0.1) is 0 Å². The molecule has 0 bridgehead atoms. The third kappa shape index (κ3) is 11.1. The van der Waals surface area contributed by atoms with Gasteiger partial charge in [-0.25, -0.2) is 0 Å². The third-order valence-corrected chi connectivity index (χ3v) is 3.05. The molecular weight excluding hydrogens is 276 g/mol. The van der Waals surface area contributed by atoms with E-state index in [2.05, 4.69) is 51.7 Å². The Labute approximate surface area is 137 Å². The van der Waals surface area contributed by atoms with E-state index in [1.165, 1.54) is 11.1 Å². The molecule has 0 aliphatic rings. The molecule has 0 saturated heterocycles. The van der Waals surface area contributed by atoms with Crippen LogP contribution in [0.1, 0.15) is 48.0 Å². The second-order valence-corrected chi connectivity index (χ2v) is 4.85. The van der Waals surface area contributed by atoms with Gasteiger partial charge in [-0.1, -0.05) is 88.4 Å². The van der Waals surface area contributed by atoms with Gasteiger partial charge < -0.3 is 0 Å². The van der Waals surface area contributed by atoms with Crippen molar-refractivity contribution in [3.8, 4) is 0 Å². The predicted molar refractivity (Wildman–Crippen MR) is 101 cm³/mol. The summed E-state index contributed by atoms with van der Waals surface area (Å²) in [5, 5.41) is 0.547. The smallest absolute Gasteiger partial charge is 0.0334 e. The van der Waals surface area contributed by atoms with Gasteiger partial charge in [0, 0.05) is 5.03 Å². The third-order valence-electron chi connectivity index (χ3n) is 2.92. The van der Waals surface area contributed by atoms with Gasteiger partial charge in [0.25, 0.3) is 0 Å². The molecule has 0 fully saturated rings. The molecule has 1 unspecified atom stereocenters. The Hall–Kier alpha value is -1.27. The second kappa shape index (κ2) is 15.1. The van der Waals surface area contributed by atoms with E-state index in [1.807, 2.05) is 45.1 Å². The number of rotatable bonds is 7. The van der Waals surface area contributed by atoms with Crippen molar-refractivity contribution in [3.63, 3.8) is 0 Å². The average Bonchev–Trinajstić information content (AvgIpc) is 2.50. The maximum atomic E-state index is 5.74. The monoisotopic (exact) mass is 306 g/mol. The van der Waals surface area contributed by atoms with Crippen molar-refractivity contribution in [2.75, 3.05) is 0 Å². The summed E-state index contributed by atoms with van der Waals surface area (Å²) in [6.45, 7) is 16.2. The molecule has 0 spiro atoms. The summed E-state index contributed by atoms with van der Waals surface area (Å²) in [6.07, 6.45) is 17.4. The maximum absolute atomic E-state index is 5.74. The van der Waals surface area contributed by atoms with E-state index in [9.17, 15) is 0 Å². The summed E-state index contributed by atoms with van der Waals surface area (Å²) < 4.78 is 0. The van der Waals surface area contributed by atoms with Crippen LogP contribution in [0.4, 0.5) is 0 Å². The lowest BCUT2D eigenvalue weighted by molar-refractivity contribution is 0.665. The molecule has 0 N–H and O–H groups in total. The first-order valence-corrected chi connectivity index (χ1v) is 8.13. The summed E-state index contributed by atoms with van der Waals surface area (Å²) in [5.41, 5.74) is 2.57. The predicted octanol–water partition coefficient (Wildman–Crippen LogP) is 7.37. The molecule has 21 heavy (non-hydrogen) atoms. The van der Waals surface area contributed by atoms with Crippen molar-refractivity contribution < 1.29 is 0 Å². The van der Waals surface area contributed by atoms with Crippen LogP contribution in [0.2, 0.25) is 0 Å². The summed E-state index contributed by atoms with van der Waals surface area (Å²) in [4.78, 5) is 0. The highest BCUT2D eigenvalue weighted by Gasteiger charge is 2.08. The second-order valence-electron chi connectivity index (χ2n) is 4.37. The minimum Gasteiger partial charge on any atom is -0.0877 e. The van der Waals surface area contributed by atoms with Crippen LogP contribution in [-0.2, 0) is 0 Å². The highest BCUT2D eigenvalue weighted by atomic mass is 35.5. The summed E-state index contributed by atoms with van der Waals surface area (Å²) in [5.74, 6) is 0.509. The van der Waals surface area contributed by atoms with Crippen molar-refractivity contribution >= 4 is 11.6 Å². The average molecular weight is 307 g/mol. The Balaban J connectivity index is 0. The fourth-order valence-corrected chi connectivity index (χ4v) is 1.72. The van der Waals surface area contributed by atoms with Crippen LogP contribution in [0.15, 0.2) is 71.4 Å². The molecule has 0 radical (unpaired) electrons. The van der Waals surface area contributed by atoms with Crippen LogP contribution in [0.5, 0.6) is 0 Å². The van der Waals surface area contributed by atoms with Crippen LogP contribution in [-0.4, -0.2) is 0 Å². The number of halogens is 1. The first-order valence-electron chi connectivity index (χ1n) is 7.75. The molecule has 0 aromatic rings. The molecule has 0 aliphatic carbocycles. The Kier molecular flexibility index (Phi) is 15.9. The van der Waals surface area contributed by atoms with E-state index in [0.29, 0.717) is 11.0 Å². The van der Waals surface area contributed by atoms with Crippen LogP contribution in [0.3, 0.4) is 0 Å². The summed E-state index contributed by atoms with van der Waals surface area (Å²) in [6, 6.07) is 0. The Morgan fingerprint density at radius 2 is 1.71 bits per heavy atom. The van der Waals surface area contributed by atoms with E-state index < -0.39 is 0 Å². The van der Waals surface area contributed by atoms with Gasteiger partial charge in [-0.05, 0) is 43.4 Å². The van der Waals surface area contributed by atoms with Gasteiger partial charge in [-0.3, -0.25) is 0 Å². The number of allylic oxidation sites excluding steroid dienone is 11. The van der Waals surface area contributed by atoms with Crippen molar-refractivity contribution in [2.45, 2.75) is 48.0 Å². The van der Waals surface area contributed by atoms with E-state index in [1.54, 1.807) is 0 Å². The molecule has 0 rings (SSSR count). The van der Waals surface area contributed by atoms with E-state index in [-0.39, 0.29) is 0 Å². The lowest BCUT2D eigenvalue weighted by atomic mass is 9.90. The summed E-state index contributed by atoms with van der Waals surface area (Å²) in [7, 11) is 0. The van der Waals surface area contributed by atoms with E-state index >= 15 is 0 Å². The van der Waals surface area contributed by atoms with Crippen molar-refractivity contribution in [3.05, 3.63) is 71.4 Å². The molecule has 0 nitrogen and oxygen atoms in total. The van der Waals surface area contributed by atoms with Crippen LogP contribution in [0.25, 0.3) is 0 Å². The first-order chi connectivity index (χ1) is 10.1. The van der Waals surface area contributed by atoms with Gasteiger partial charge in [0.2, 0.25) is 0 Å². The minimum absolute atomic E-state index is 0.509. The fraction of sp³-hybridized carbons (Fsp3) is 0.400. The zero-order valence-electron chi connectivity index (χ0n) is 14.5. The van der Waals surface area contributed by atoms with Gasteiger partial charge in [0.05, 0.1) is 0 Å². The number of hydrogen-bond acceptors (Lipinski definition) is 0. The molecule has 1 heteroatoms. The molecule has 0 aromatic carbocycles. The highest BCUT2D eigenvalue weighted by molar-refractivity contribution is 6.30. The fourth-order valence-electron chi connectivity index (χ4n) is 1.65. The Morgan fingerprint density at radius 1 is 1.10 bits per heavy atom. The molecule has 0 aromatic heterocycles. The SMILES string of the molecule is C=C(Cl)\C=C/C=C(C(/C=C\C=C\C)=C/C)\C(C)CC.CC. The first kappa shape index (κ1) is 22.0. The van der Waals surface area contributed by atoms with Gasteiger partial charge in [0.1, 0.15) is 0 Å². The zero-order chi connectivity index (χ0) is 16.7. The zero-order valence-corrected chi connectivity index (χ0v) is 15.2. The molecule has 0 saturated carbocycles. The molecular formula is C20H31Cl. The van der Waals surface area contributed by atoms with Crippen molar-refractivity contribution in [1.82, 2.24) is 0 Å². The van der Waals surface area contributed by atoms with E-state index in [0.717, 1.165) is 6.42 Å². The normalized spacial score (nSPS) is 14.6. The summed E-state index contributed by atoms with van der Waals surface area (Å²) >= 11 is 5.74. The standard InChI is InChI=1S/C18H25Cl.C2H6/c1-6-9-10-13-17(8-3)18(15(4)7-2)14-11-12-16(5)19;1-2/h6,8-15H,5,7H2,1-4H3;1-2H3/b9-6+,12-11-,13-10-,17-8+,18-14+;. The largest absolute Gasteiger partial charge is 0.0877 e. The number of hydrogen-bond donors (Lipinski definition) is 0. The van der Waals surface area contributed by atoms with Crippen LogP contribution < -0.4 is 0 Å². The Bertz CT molecular complexity index is 417. The van der Waals surface area contributed by atoms with Gasteiger partial charge in [0.15, 0.2) is 0 Å². The van der Waals surface area contributed by atoms with Crippen LogP contribution in [0, 0.1) is 5.92 Å². The lowest BCUT2D eigenvalue weighted by Crippen LogP contribution is -1.99. The van der Waals surface area contributed by atoms with Gasteiger partial charge >= 0.3 is 0 Å². The molecule has 0 heterocycles. The molecule has 1 atom stereocenters. The molecule has 0 aliphatic heterocycles.